The maximum Gasteiger partial charge on any atom is 0.0449 e. The maximum absolute atomic E-state index is 5.96. The third kappa shape index (κ3) is 4.36. The highest BCUT2D eigenvalue weighted by Gasteiger charge is 2.37. The first kappa shape index (κ1) is 22.4. The Morgan fingerprint density at radius 3 is 1.60 bits per heavy atom. The summed E-state index contributed by atoms with van der Waals surface area (Å²) < 4.78 is 0. The summed E-state index contributed by atoms with van der Waals surface area (Å²) >= 11 is 9.06. The van der Waals surface area contributed by atoms with Gasteiger partial charge in [0.1, 0.15) is 0 Å². The van der Waals surface area contributed by atoms with Crippen molar-refractivity contribution >= 4 is 61.4 Å². The molecule has 4 N–H and O–H groups in total. The summed E-state index contributed by atoms with van der Waals surface area (Å²) in [6.45, 7) is 2.34. The van der Waals surface area contributed by atoms with Gasteiger partial charge in [-0.25, -0.2) is 0 Å². The molecule has 1 aliphatic carbocycles. The van der Waals surface area contributed by atoms with Crippen molar-refractivity contribution in [2.75, 3.05) is 11.5 Å². The lowest BCUT2D eigenvalue weighted by atomic mass is 9.63. The lowest BCUT2D eigenvalue weighted by Crippen LogP contribution is -2.32. The molecule has 0 radical (unpaired) electrons. The highest BCUT2D eigenvalue weighted by molar-refractivity contribution is 7.80. The first-order valence-corrected chi connectivity index (χ1v) is 9.00. The number of hydrogen-bond donors (Lipinski definition) is 4. The second-order valence-corrected chi connectivity index (χ2v) is 7.78. The first-order chi connectivity index (χ1) is 10.9. The van der Waals surface area contributed by atoms with E-state index in [9.17, 15) is 0 Å². The number of nitrogens with two attached hydrogens (primary N) is 2. The van der Waals surface area contributed by atoms with Crippen molar-refractivity contribution < 1.29 is 0 Å². The quantitative estimate of drug-likeness (QED) is 0.371. The highest BCUT2D eigenvalue weighted by Crippen LogP contribution is 2.47. The van der Waals surface area contributed by atoms with E-state index in [1.165, 1.54) is 24.0 Å². The fraction of sp³-hybridized carbons (Fsp3) is 0.368. The van der Waals surface area contributed by atoms with Crippen LogP contribution >= 0.6 is 50.1 Å². The number of nitrogen functional groups attached to an aromatic ring is 2. The first-order valence-electron chi connectivity index (χ1n) is 8.10. The fourth-order valence-electron chi connectivity index (χ4n) is 3.68. The van der Waals surface area contributed by atoms with Gasteiger partial charge in [0.25, 0.3) is 0 Å². The number of halogens is 2. The van der Waals surface area contributed by atoms with Crippen LogP contribution in [0.25, 0.3) is 0 Å². The van der Waals surface area contributed by atoms with Gasteiger partial charge in [0.2, 0.25) is 0 Å². The zero-order valence-electron chi connectivity index (χ0n) is 14.2. The van der Waals surface area contributed by atoms with Gasteiger partial charge in [-0.2, -0.15) is 0 Å². The summed E-state index contributed by atoms with van der Waals surface area (Å²) in [4.78, 5) is 1.70. The normalized spacial score (nSPS) is 16.6. The molecule has 0 aliphatic heterocycles. The van der Waals surface area contributed by atoms with E-state index in [2.05, 4.69) is 56.4 Å². The Morgan fingerprint density at radius 2 is 1.24 bits per heavy atom. The van der Waals surface area contributed by atoms with Gasteiger partial charge in [0.05, 0.1) is 0 Å². The average molecular weight is 417 g/mol. The van der Waals surface area contributed by atoms with E-state index in [1.54, 1.807) is 0 Å². The highest BCUT2D eigenvalue weighted by atomic mass is 35.5. The molecule has 0 aromatic heterocycles. The second-order valence-electron chi connectivity index (χ2n) is 6.81. The van der Waals surface area contributed by atoms with E-state index in [4.69, 9.17) is 11.5 Å². The predicted octanol–water partition coefficient (Wildman–Crippen LogP) is 5.77. The molecule has 0 saturated heterocycles. The van der Waals surface area contributed by atoms with Crippen molar-refractivity contribution in [1.82, 2.24) is 0 Å². The molecule has 2 nitrogen and oxygen atoms in total. The third-order valence-corrected chi connectivity index (χ3v) is 6.07. The molecule has 1 saturated carbocycles. The van der Waals surface area contributed by atoms with Crippen molar-refractivity contribution in [2.24, 2.45) is 5.92 Å². The maximum atomic E-state index is 5.96. The van der Waals surface area contributed by atoms with Crippen LogP contribution in [0.1, 0.15) is 43.7 Å². The van der Waals surface area contributed by atoms with E-state index < -0.39 is 0 Å². The average Bonchev–Trinajstić information content (AvgIpc) is 2.54. The van der Waals surface area contributed by atoms with Crippen molar-refractivity contribution in [1.29, 1.82) is 0 Å². The van der Waals surface area contributed by atoms with Crippen molar-refractivity contribution in [2.45, 2.75) is 47.8 Å². The van der Waals surface area contributed by atoms with E-state index >= 15 is 0 Å². The van der Waals surface area contributed by atoms with Gasteiger partial charge < -0.3 is 11.5 Å². The summed E-state index contributed by atoms with van der Waals surface area (Å²) in [5.74, 6) is 0.775. The summed E-state index contributed by atoms with van der Waals surface area (Å²) in [7, 11) is 0. The Bertz CT molecular complexity index is 676. The fourth-order valence-corrected chi connectivity index (χ4v) is 4.11. The molecule has 0 bridgehead atoms. The minimum absolute atomic E-state index is 0. The molecule has 0 atom stereocenters. The van der Waals surface area contributed by atoms with Gasteiger partial charge in [-0.3, -0.25) is 0 Å². The SMILES string of the molecule is CC1CCC(c2ccc(N)c(S)c2)(c2ccc(N)c(S)c2)CC1.Cl.Cl. The zero-order valence-corrected chi connectivity index (χ0v) is 17.7. The molecule has 138 valence electrons. The number of thiol groups is 2. The van der Waals surface area contributed by atoms with Crippen LogP contribution in [0.15, 0.2) is 46.2 Å². The largest absolute Gasteiger partial charge is 0.398 e. The number of hydrogen-bond acceptors (Lipinski definition) is 4. The summed E-state index contributed by atoms with van der Waals surface area (Å²) in [5.41, 5.74) is 16.0. The van der Waals surface area contributed by atoms with Crippen LogP contribution in [-0.2, 0) is 5.41 Å². The molecule has 0 amide bonds. The Labute approximate surface area is 173 Å². The molecule has 2 aromatic carbocycles. The number of benzene rings is 2. The molecular formula is C19H26Cl2N2S2. The van der Waals surface area contributed by atoms with Crippen LogP contribution in [0.5, 0.6) is 0 Å². The van der Waals surface area contributed by atoms with Crippen LogP contribution < -0.4 is 11.5 Å². The number of rotatable bonds is 2. The molecule has 3 rings (SSSR count). The summed E-state index contributed by atoms with van der Waals surface area (Å²) in [5, 5.41) is 0. The Balaban J connectivity index is 0.00000156. The lowest BCUT2D eigenvalue weighted by molar-refractivity contribution is 0.280. The van der Waals surface area contributed by atoms with Crippen LogP contribution in [0.3, 0.4) is 0 Å². The summed E-state index contributed by atoms with van der Waals surface area (Å²) in [6.07, 6.45) is 4.70. The van der Waals surface area contributed by atoms with Gasteiger partial charge in [0.15, 0.2) is 0 Å². The molecule has 0 unspecified atom stereocenters. The topological polar surface area (TPSA) is 52.0 Å². The Kier molecular flexibility index (Phi) is 7.88. The van der Waals surface area contributed by atoms with Crippen molar-refractivity contribution in [3.63, 3.8) is 0 Å². The van der Waals surface area contributed by atoms with Crippen molar-refractivity contribution in [3.8, 4) is 0 Å². The Hall–Kier alpha value is -0.680. The van der Waals surface area contributed by atoms with Crippen LogP contribution in [0.2, 0.25) is 0 Å². The summed E-state index contributed by atoms with van der Waals surface area (Å²) in [6, 6.07) is 12.5. The minimum atomic E-state index is 0. The molecule has 0 heterocycles. The van der Waals surface area contributed by atoms with Gasteiger partial charge in [-0.05, 0) is 67.0 Å². The van der Waals surface area contributed by atoms with E-state index in [0.29, 0.717) is 0 Å². The molecule has 1 fully saturated rings. The van der Waals surface area contributed by atoms with E-state index in [0.717, 1.165) is 39.9 Å². The molecule has 2 aromatic rings. The second kappa shape index (κ2) is 8.81. The van der Waals surface area contributed by atoms with E-state index in [-0.39, 0.29) is 30.2 Å². The molecule has 25 heavy (non-hydrogen) atoms. The molecule has 1 aliphatic rings. The van der Waals surface area contributed by atoms with E-state index in [1.807, 2.05) is 12.1 Å². The van der Waals surface area contributed by atoms with Gasteiger partial charge in [-0.1, -0.05) is 19.1 Å². The molecule has 0 spiro atoms. The predicted molar refractivity (Wildman–Crippen MR) is 119 cm³/mol. The monoisotopic (exact) mass is 416 g/mol. The van der Waals surface area contributed by atoms with Gasteiger partial charge in [-0.15, -0.1) is 50.1 Å². The lowest BCUT2D eigenvalue weighted by Gasteiger charge is -2.41. The van der Waals surface area contributed by atoms with Crippen LogP contribution in [0.4, 0.5) is 11.4 Å². The minimum Gasteiger partial charge on any atom is -0.398 e. The zero-order chi connectivity index (χ0) is 16.6. The van der Waals surface area contributed by atoms with Gasteiger partial charge >= 0.3 is 0 Å². The van der Waals surface area contributed by atoms with Crippen LogP contribution in [0, 0.1) is 5.92 Å². The Morgan fingerprint density at radius 1 is 0.840 bits per heavy atom. The third-order valence-electron chi connectivity index (χ3n) is 5.29. The van der Waals surface area contributed by atoms with Crippen LogP contribution in [-0.4, -0.2) is 0 Å². The standard InChI is InChI=1S/C19H24N2S2.2ClH/c1-12-6-8-19(9-7-12,13-2-4-15(20)17(22)10-13)14-3-5-16(21)18(23)11-14;;/h2-5,10-12,22-23H,6-9,20-21H2,1H3;2*1H. The number of anilines is 2. The molecular weight excluding hydrogens is 391 g/mol. The smallest absolute Gasteiger partial charge is 0.0449 e. The molecule has 6 heteroatoms. The van der Waals surface area contributed by atoms with Crippen molar-refractivity contribution in [3.05, 3.63) is 47.5 Å². The van der Waals surface area contributed by atoms with Gasteiger partial charge in [0, 0.05) is 26.6 Å².